The smallest absolute Gasteiger partial charge is 0.179 e. The molecule has 1 fully saturated rings. The van der Waals surface area contributed by atoms with E-state index in [-0.39, 0.29) is 11.9 Å². The first-order valence-electron chi connectivity index (χ1n) is 15.1. The Morgan fingerprint density at radius 3 is 2.18 bits per heavy atom. The summed E-state index contributed by atoms with van der Waals surface area (Å²) in [5, 5.41) is 5.06. The van der Waals surface area contributed by atoms with Crippen molar-refractivity contribution in [3.63, 3.8) is 0 Å². The molecule has 1 saturated heterocycles. The first-order valence-corrected chi connectivity index (χ1v) is 15.1. The van der Waals surface area contributed by atoms with Crippen LogP contribution in [-0.4, -0.2) is 52.5 Å². The molecule has 0 amide bonds. The molecule has 0 saturated carbocycles. The molecule has 0 radical (unpaired) electrons. The van der Waals surface area contributed by atoms with Crippen molar-refractivity contribution in [3.05, 3.63) is 131 Å². The zero-order valence-electron chi connectivity index (χ0n) is 24.7. The van der Waals surface area contributed by atoms with E-state index < -0.39 is 0 Å². The number of aromatic nitrogens is 2. The minimum absolute atomic E-state index is 0.137. The lowest BCUT2D eigenvalue weighted by Crippen LogP contribution is -2.55. The second kappa shape index (κ2) is 10.5. The number of piperazine rings is 1. The quantitative estimate of drug-likeness (QED) is 0.227. The molecule has 1 atom stereocenters. The van der Waals surface area contributed by atoms with Crippen molar-refractivity contribution in [3.8, 4) is 5.69 Å². The highest BCUT2D eigenvalue weighted by Gasteiger charge is 2.43. The molecule has 0 bridgehead atoms. The van der Waals surface area contributed by atoms with Crippen LogP contribution in [0.5, 0.6) is 0 Å². The van der Waals surface area contributed by atoms with Gasteiger partial charge in [0.05, 0.1) is 28.8 Å². The van der Waals surface area contributed by atoms with Gasteiger partial charge in [-0.1, -0.05) is 60.2 Å². The molecule has 218 valence electrons. The number of anilines is 2. The molecule has 1 aromatic heterocycles. The fraction of sp³-hybridized carbons (Fsp3) is 0.194. The van der Waals surface area contributed by atoms with Crippen LogP contribution in [0.1, 0.15) is 28.4 Å². The second-order valence-electron chi connectivity index (χ2n) is 11.6. The lowest BCUT2D eigenvalue weighted by Gasteiger charge is -2.44. The summed E-state index contributed by atoms with van der Waals surface area (Å²) in [5.74, 6) is 2.31. The lowest BCUT2D eigenvalue weighted by atomic mass is 9.92. The summed E-state index contributed by atoms with van der Waals surface area (Å²) in [6.45, 7) is 7.36. The van der Waals surface area contributed by atoms with Crippen molar-refractivity contribution >= 4 is 34.6 Å². The van der Waals surface area contributed by atoms with E-state index in [0.717, 1.165) is 77.7 Å². The van der Waals surface area contributed by atoms with Crippen LogP contribution >= 0.6 is 0 Å². The van der Waals surface area contributed by atoms with E-state index in [1.165, 1.54) is 23.3 Å². The van der Waals surface area contributed by atoms with Gasteiger partial charge in [-0.3, -0.25) is 0 Å². The molecule has 7 nitrogen and oxygen atoms in total. The van der Waals surface area contributed by atoms with Gasteiger partial charge in [-0.05, 0) is 67.9 Å². The van der Waals surface area contributed by atoms with Crippen molar-refractivity contribution in [1.82, 2.24) is 14.7 Å². The molecule has 0 unspecified atom stereocenters. The molecule has 5 aromatic rings. The standard InChI is InChI=1S/C36H32FN7/c1-24-9-8-10-26(23-24)33-32-25(2)40-44(29-11-4-3-5-12-29)34(32)39-36-35(38-30-13-6-7-14-31(30)43(33)36)42-21-19-41(20-22-42)28-17-15-27(37)16-18-28/h3-18,23,33H,19-22H2,1-2H3/t33-/m1/s1. The van der Waals surface area contributed by atoms with Gasteiger partial charge in [0.1, 0.15) is 5.82 Å². The minimum atomic E-state index is -0.217. The first kappa shape index (κ1) is 26.4. The van der Waals surface area contributed by atoms with Gasteiger partial charge in [0.15, 0.2) is 17.5 Å². The predicted octanol–water partition coefficient (Wildman–Crippen LogP) is 7.13. The largest absolute Gasteiger partial charge is 0.368 e. The Labute approximate surface area is 256 Å². The molecule has 0 aliphatic carbocycles. The number of nitrogens with zero attached hydrogens (tertiary/aromatic N) is 7. The number of aryl methyl sites for hydroxylation is 2. The van der Waals surface area contributed by atoms with Crippen molar-refractivity contribution in [2.45, 2.75) is 19.9 Å². The molecule has 4 heterocycles. The number of halogens is 1. The summed E-state index contributed by atoms with van der Waals surface area (Å²) in [6.07, 6.45) is 0. The second-order valence-corrected chi connectivity index (χ2v) is 11.6. The van der Waals surface area contributed by atoms with Crippen LogP contribution in [0.25, 0.3) is 5.69 Å². The fourth-order valence-electron chi connectivity index (χ4n) is 6.64. The van der Waals surface area contributed by atoms with Gasteiger partial charge < -0.3 is 14.7 Å². The zero-order valence-corrected chi connectivity index (χ0v) is 24.7. The number of fused-ring (bicyclic) bond motifs is 4. The lowest BCUT2D eigenvalue weighted by molar-refractivity contribution is 0.389. The van der Waals surface area contributed by atoms with Crippen LogP contribution in [0.2, 0.25) is 0 Å². The highest BCUT2D eigenvalue weighted by Crippen LogP contribution is 2.48. The number of para-hydroxylation sites is 3. The number of rotatable bonds is 3. The number of amidine groups is 2. The molecule has 3 aliphatic heterocycles. The molecule has 3 aliphatic rings. The maximum Gasteiger partial charge on any atom is 0.179 e. The summed E-state index contributed by atoms with van der Waals surface area (Å²) in [6, 6.07) is 33.9. The van der Waals surface area contributed by atoms with Gasteiger partial charge in [0, 0.05) is 37.4 Å². The molecule has 0 spiro atoms. The van der Waals surface area contributed by atoms with Gasteiger partial charge >= 0.3 is 0 Å². The normalized spacial score (nSPS) is 17.4. The van der Waals surface area contributed by atoms with Crippen molar-refractivity contribution < 1.29 is 4.39 Å². The molecule has 8 heteroatoms. The topological polar surface area (TPSA) is 52.3 Å². The van der Waals surface area contributed by atoms with E-state index in [9.17, 15) is 4.39 Å². The maximum atomic E-state index is 13.6. The number of hydrogen-bond donors (Lipinski definition) is 0. The van der Waals surface area contributed by atoms with Crippen molar-refractivity contribution in [2.24, 2.45) is 9.98 Å². The fourth-order valence-corrected chi connectivity index (χ4v) is 6.64. The number of aliphatic imine (C=N–C) groups is 2. The third-order valence-electron chi connectivity index (χ3n) is 8.75. The molecular weight excluding hydrogens is 549 g/mol. The molecule has 44 heavy (non-hydrogen) atoms. The Morgan fingerprint density at radius 1 is 0.682 bits per heavy atom. The van der Waals surface area contributed by atoms with Crippen molar-refractivity contribution in [1.29, 1.82) is 0 Å². The third kappa shape index (κ3) is 4.37. The monoisotopic (exact) mass is 581 g/mol. The number of benzene rings is 4. The average Bonchev–Trinajstić information content (AvgIpc) is 3.40. The molecular formula is C36H32FN7. The molecule has 4 aromatic carbocycles. The van der Waals surface area contributed by atoms with Gasteiger partial charge in [0.2, 0.25) is 0 Å². The highest BCUT2D eigenvalue weighted by atomic mass is 19.1. The van der Waals surface area contributed by atoms with E-state index in [1.807, 2.05) is 41.1 Å². The van der Waals surface area contributed by atoms with E-state index in [2.05, 4.69) is 83.1 Å². The maximum absolute atomic E-state index is 13.6. The van der Waals surface area contributed by atoms with Gasteiger partial charge in [-0.15, -0.1) is 0 Å². The Balaban J connectivity index is 1.28. The van der Waals surface area contributed by atoms with E-state index in [4.69, 9.17) is 15.1 Å². The SMILES string of the molecule is Cc1cccc([C@@H]2c3c(C)nn(-c4ccccc4)c3N=C3C(N4CCN(c5ccc(F)cc5)CC4)=Nc4ccccc4N32)c1. The number of hydrogen-bond acceptors (Lipinski definition) is 6. The summed E-state index contributed by atoms with van der Waals surface area (Å²) in [5.41, 5.74) is 8.41. The highest BCUT2D eigenvalue weighted by molar-refractivity contribution is 6.48. The first-order chi connectivity index (χ1) is 21.5. The van der Waals surface area contributed by atoms with Crippen LogP contribution < -0.4 is 9.80 Å². The summed E-state index contributed by atoms with van der Waals surface area (Å²) < 4.78 is 15.6. The molecule has 8 rings (SSSR count). The van der Waals surface area contributed by atoms with Crippen LogP contribution in [0, 0.1) is 19.7 Å². The van der Waals surface area contributed by atoms with E-state index in [0.29, 0.717) is 0 Å². The predicted molar refractivity (Wildman–Crippen MR) is 175 cm³/mol. The van der Waals surface area contributed by atoms with E-state index in [1.54, 1.807) is 0 Å². The van der Waals surface area contributed by atoms with Crippen LogP contribution in [0.3, 0.4) is 0 Å². The Bertz CT molecular complexity index is 1920. The average molecular weight is 582 g/mol. The summed E-state index contributed by atoms with van der Waals surface area (Å²) >= 11 is 0. The van der Waals surface area contributed by atoms with Gasteiger partial charge in [-0.25, -0.2) is 19.1 Å². The van der Waals surface area contributed by atoms with Crippen LogP contribution in [-0.2, 0) is 0 Å². The summed E-state index contributed by atoms with van der Waals surface area (Å²) in [7, 11) is 0. The summed E-state index contributed by atoms with van der Waals surface area (Å²) in [4.78, 5) is 17.7. The Morgan fingerprint density at radius 2 is 1.41 bits per heavy atom. The molecule has 0 N–H and O–H groups in total. The van der Waals surface area contributed by atoms with E-state index >= 15 is 0 Å². The third-order valence-corrected chi connectivity index (χ3v) is 8.75. The Kier molecular flexibility index (Phi) is 6.29. The zero-order chi connectivity index (χ0) is 29.8. The van der Waals surface area contributed by atoms with Crippen molar-refractivity contribution in [2.75, 3.05) is 36.0 Å². The van der Waals surface area contributed by atoms with Gasteiger partial charge in [-0.2, -0.15) is 5.10 Å². The van der Waals surface area contributed by atoms with Crippen LogP contribution in [0.15, 0.2) is 113 Å². The Hall–Kier alpha value is -5.24. The van der Waals surface area contributed by atoms with Crippen LogP contribution in [0.4, 0.5) is 27.3 Å². The van der Waals surface area contributed by atoms with Gasteiger partial charge in [0.25, 0.3) is 0 Å². The minimum Gasteiger partial charge on any atom is -0.368 e.